The van der Waals surface area contributed by atoms with E-state index in [0.29, 0.717) is 0 Å². The Kier molecular flexibility index (Phi) is 7.41. The molecule has 0 amide bonds. The molecule has 0 spiro atoms. The van der Waals surface area contributed by atoms with Crippen molar-refractivity contribution in [3.63, 3.8) is 0 Å². The summed E-state index contributed by atoms with van der Waals surface area (Å²) < 4.78 is 0. The van der Waals surface area contributed by atoms with Crippen LogP contribution in [-0.4, -0.2) is 12.6 Å². The topological polar surface area (TPSA) is 12.0 Å². The predicted molar refractivity (Wildman–Crippen MR) is 89.0 cm³/mol. The normalized spacial score (nSPS) is 30.3. The second-order valence-electron chi connectivity index (χ2n) is 7.67. The zero-order valence-electron chi connectivity index (χ0n) is 14.0. The lowest BCUT2D eigenvalue weighted by atomic mass is 9.76. The SMILES string of the molecule is CCCNC(CCC1CCCCC1)C1CCCC(C)C1. The fourth-order valence-electron chi connectivity index (χ4n) is 4.57. The molecule has 2 aliphatic carbocycles. The van der Waals surface area contributed by atoms with Crippen molar-refractivity contribution < 1.29 is 0 Å². The maximum Gasteiger partial charge on any atom is 0.00955 e. The van der Waals surface area contributed by atoms with Crippen LogP contribution in [0.3, 0.4) is 0 Å². The molecule has 0 radical (unpaired) electrons. The molecule has 0 aromatic carbocycles. The lowest BCUT2D eigenvalue weighted by molar-refractivity contribution is 0.201. The highest BCUT2D eigenvalue weighted by molar-refractivity contribution is 4.82. The zero-order chi connectivity index (χ0) is 14.2. The highest BCUT2D eigenvalue weighted by atomic mass is 14.9. The Morgan fingerprint density at radius 1 is 1.00 bits per heavy atom. The highest BCUT2D eigenvalue weighted by Gasteiger charge is 2.27. The maximum atomic E-state index is 3.90. The molecule has 0 saturated heterocycles. The fraction of sp³-hybridized carbons (Fsp3) is 1.00. The molecule has 0 aromatic rings. The molecule has 2 fully saturated rings. The standard InChI is InChI=1S/C19H37N/c1-3-14-20-19(18-11-7-8-16(2)15-18)13-12-17-9-5-4-6-10-17/h16-20H,3-15H2,1-2H3. The molecule has 2 rings (SSSR count). The van der Waals surface area contributed by atoms with Gasteiger partial charge in [0.2, 0.25) is 0 Å². The molecule has 1 heteroatoms. The number of hydrogen-bond donors (Lipinski definition) is 1. The average molecular weight is 280 g/mol. The van der Waals surface area contributed by atoms with Crippen LogP contribution in [0.15, 0.2) is 0 Å². The van der Waals surface area contributed by atoms with E-state index in [2.05, 4.69) is 19.2 Å². The molecule has 1 nitrogen and oxygen atoms in total. The minimum atomic E-state index is 0.819. The van der Waals surface area contributed by atoms with E-state index >= 15 is 0 Å². The van der Waals surface area contributed by atoms with E-state index in [-0.39, 0.29) is 0 Å². The van der Waals surface area contributed by atoms with Crippen molar-refractivity contribution in [1.82, 2.24) is 5.32 Å². The van der Waals surface area contributed by atoms with Crippen LogP contribution < -0.4 is 5.32 Å². The smallest absolute Gasteiger partial charge is 0.00955 e. The van der Waals surface area contributed by atoms with Crippen LogP contribution in [0.1, 0.15) is 90.9 Å². The summed E-state index contributed by atoms with van der Waals surface area (Å²) >= 11 is 0. The molecular weight excluding hydrogens is 242 g/mol. The highest BCUT2D eigenvalue weighted by Crippen LogP contribution is 2.34. The Hall–Kier alpha value is -0.0400. The lowest BCUT2D eigenvalue weighted by Crippen LogP contribution is -2.39. The molecule has 2 saturated carbocycles. The van der Waals surface area contributed by atoms with Gasteiger partial charge < -0.3 is 5.32 Å². The minimum Gasteiger partial charge on any atom is -0.314 e. The van der Waals surface area contributed by atoms with E-state index in [1.54, 1.807) is 0 Å². The summed E-state index contributed by atoms with van der Waals surface area (Å²) in [4.78, 5) is 0. The third-order valence-corrected chi connectivity index (χ3v) is 5.81. The first kappa shape index (κ1) is 16.3. The molecule has 20 heavy (non-hydrogen) atoms. The van der Waals surface area contributed by atoms with Gasteiger partial charge in [0.1, 0.15) is 0 Å². The van der Waals surface area contributed by atoms with E-state index in [9.17, 15) is 0 Å². The van der Waals surface area contributed by atoms with E-state index < -0.39 is 0 Å². The van der Waals surface area contributed by atoms with Crippen LogP contribution in [0.5, 0.6) is 0 Å². The second kappa shape index (κ2) is 9.07. The Morgan fingerprint density at radius 3 is 2.50 bits per heavy atom. The van der Waals surface area contributed by atoms with Gasteiger partial charge in [-0.1, -0.05) is 58.8 Å². The largest absolute Gasteiger partial charge is 0.314 e. The van der Waals surface area contributed by atoms with Crippen LogP contribution in [0.4, 0.5) is 0 Å². The summed E-state index contributed by atoms with van der Waals surface area (Å²) in [6, 6.07) is 0.819. The lowest BCUT2D eigenvalue weighted by Gasteiger charge is -2.35. The Bertz CT molecular complexity index is 244. The van der Waals surface area contributed by atoms with Crippen molar-refractivity contribution in [3.05, 3.63) is 0 Å². The van der Waals surface area contributed by atoms with Gasteiger partial charge in [0.25, 0.3) is 0 Å². The van der Waals surface area contributed by atoms with Gasteiger partial charge in [-0.05, 0) is 56.4 Å². The van der Waals surface area contributed by atoms with E-state index in [1.165, 1.54) is 83.6 Å². The van der Waals surface area contributed by atoms with Crippen LogP contribution in [0, 0.1) is 17.8 Å². The fourth-order valence-corrected chi connectivity index (χ4v) is 4.57. The summed E-state index contributed by atoms with van der Waals surface area (Å²) in [5.74, 6) is 2.99. The van der Waals surface area contributed by atoms with Gasteiger partial charge in [0, 0.05) is 6.04 Å². The molecule has 3 atom stereocenters. The van der Waals surface area contributed by atoms with Crippen molar-refractivity contribution in [1.29, 1.82) is 0 Å². The summed E-state index contributed by atoms with van der Waals surface area (Å²) in [7, 11) is 0. The zero-order valence-corrected chi connectivity index (χ0v) is 14.0. The van der Waals surface area contributed by atoms with Crippen LogP contribution >= 0.6 is 0 Å². The van der Waals surface area contributed by atoms with Crippen LogP contribution in [-0.2, 0) is 0 Å². The molecule has 118 valence electrons. The van der Waals surface area contributed by atoms with Crippen LogP contribution in [0.25, 0.3) is 0 Å². The number of hydrogen-bond acceptors (Lipinski definition) is 1. The summed E-state index contributed by atoms with van der Waals surface area (Å²) in [5, 5.41) is 3.90. The molecule has 0 heterocycles. The second-order valence-corrected chi connectivity index (χ2v) is 7.67. The van der Waals surface area contributed by atoms with Crippen LogP contribution in [0.2, 0.25) is 0 Å². The minimum absolute atomic E-state index is 0.819. The van der Waals surface area contributed by atoms with E-state index in [1.807, 2.05) is 0 Å². The van der Waals surface area contributed by atoms with Crippen molar-refractivity contribution >= 4 is 0 Å². The molecule has 0 aliphatic heterocycles. The van der Waals surface area contributed by atoms with Crippen molar-refractivity contribution in [2.45, 2.75) is 96.9 Å². The molecule has 0 bridgehead atoms. The third kappa shape index (κ3) is 5.39. The summed E-state index contributed by atoms with van der Waals surface area (Å²) in [6.07, 6.45) is 17.6. The maximum absolute atomic E-state index is 3.90. The van der Waals surface area contributed by atoms with Gasteiger partial charge in [-0.25, -0.2) is 0 Å². The number of rotatable bonds is 7. The average Bonchev–Trinajstić information content (AvgIpc) is 2.48. The van der Waals surface area contributed by atoms with E-state index in [0.717, 1.165) is 23.8 Å². The van der Waals surface area contributed by atoms with Gasteiger partial charge in [0.15, 0.2) is 0 Å². The molecule has 0 aromatic heterocycles. The first-order valence-electron chi connectivity index (χ1n) is 9.53. The Morgan fingerprint density at radius 2 is 1.80 bits per heavy atom. The van der Waals surface area contributed by atoms with E-state index in [4.69, 9.17) is 0 Å². The Labute approximate surface area is 127 Å². The monoisotopic (exact) mass is 279 g/mol. The summed E-state index contributed by atoms with van der Waals surface area (Å²) in [5.41, 5.74) is 0. The molecule has 1 N–H and O–H groups in total. The van der Waals surface area contributed by atoms with Crippen molar-refractivity contribution in [3.8, 4) is 0 Å². The molecule has 3 unspecified atom stereocenters. The van der Waals surface area contributed by atoms with Gasteiger partial charge in [-0.2, -0.15) is 0 Å². The van der Waals surface area contributed by atoms with Gasteiger partial charge >= 0.3 is 0 Å². The van der Waals surface area contributed by atoms with Crippen molar-refractivity contribution in [2.75, 3.05) is 6.54 Å². The van der Waals surface area contributed by atoms with Gasteiger partial charge in [0.05, 0.1) is 0 Å². The predicted octanol–water partition coefficient (Wildman–Crippen LogP) is 5.54. The first-order valence-corrected chi connectivity index (χ1v) is 9.53. The molecule has 2 aliphatic rings. The summed E-state index contributed by atoms with van der Waals surface area (Å²) in [6.45, 7) is 5.99. The number of nitrogens with one attached hydrogen (secondary N) is 1. The quantitative estimate of drug-likeness (QED) is 0.645. The Balaban J connectivity index is 1.78. The molecular formula is C19H37N. The third-order valence-electron chi connectivity index (χ3n) is 5.81. The van der Waals surface area contributed by atoms with Gasteiger partial charge in [-0.3, -0.25) is 0 Å². The van der Waals surface area contributed by atoms with Gasteiger partial charge in [-0.15, -0.1) is 0 Å². The first-order chi connectivity index (χ1) is 9.79. The van der Waals surface area contributed by atoms with Crippen molar-refractivity contribution in [2.24, 2.45) is 17.8 Å².